The molecule has 116 valence electrons. The molecule has 1 amide bonds. The molecular formula is C15H22FN3O2. The molecule has 1 fully saturated rings. The van der Waals surface area contributed by atoms with E-state index >= 15 is 0 Å². The number of piperidine rings is 1. The molecule has 1 aliphatic heterocycles. The minimum atomic E-state index is -0.479. The van der Waals surface area contributed by atoms with Crippen molar-refractivity contribution in [3.8, 4) is 0 Å². The van der Waals surface area contributed by atoms with Crippen molar-refractivity contribution in [3.63, 3.8) is 0 Å². The summed E-state index contributed by atoms with van der Waals surface area (Å²) >= 11 is 0. The third-order valence-electron chi connectivity index (χ3n) is 3.76. The van der Waals surface area contributed by atoms with Gasteiger partial charge in [-0.15, -0.1) is 0 Å². The third kappa shape index (κ3) is 4.68. The number of halogens is 1. The summed E-state index contributed by atoms with van der Waals surface area (Å²) in [6.45, 7) is 2.92. The molecule has 0 saturated carbocycles. The molecule has 0 spiro atoms. The van der Waals surface area contributed by atoms with Gasteiger partial charge in [0.25, 0.3) is 0 Å². The minimum Gasteiger partial charge on any atom is -0.396 e. The SMILES string of the molecule is COCC1CCN(CC(=O)Nc2ccc(F)c(N)c2)CC1. The molecular weight excluding hydrogens is 273 g/mol. The maximum Gasteiger partial charge on any atom is 0.238 e. The highest BCUT2D eigenvalue weighted by molar-refractivity contribution is 5.92. The smallest absolute Gasteiger partial charge is 0.238 e. The Kier molecular flexibility index (Phi) is 5.52. The van der Waals surface area contributed by atoms with E-state index in [0.29, 0.717) is 18.2 Å². The normalized spacial score (nSPS) is 16.9. The van der Waals surface area contributed by atoms with Crippen LogP contribution < -0.4 is 11.1 Å². The molecule has 0 bridgehead atoms. The van der Waals surface area contributed by atoms with Gasteiger partial charge in [0.15, 0.2) is 0 Å². The lowest BCUT2D eigenvalue weighted by Gasteiger charge is -2.31. The molecule has 1 aromatic rings. The zero-order valence-corrected chi connectivity index (χ0v) is 12.3. The van der Waals surface area contributed by atoms with Crippen molar-refractivity contribution in [1.29, 1.82) is 0 Å². The number of carbonyl (C=O) groups excluding carboxylic acids is 1. The number of nitrogens with zero attached hydrogens (tertiary/aromatic N) is 1. The Hall–Kier alpha value is -1.66. The Balaban J connectivity index is 1.78. The summed E-state index contributed by atoms with van der Waals surface area (Å²) in [6, 6.07) is 4.19. The summed E-state index contributed by atoms with van der Waals surface area (Å²) in [5, 5.41) is 2.74. The van der Waals surface area contributed by atoms with Crippen LogP contribution in [0, 0.1) is 11.7 Å². The molecule has 5 nitrogen and oxygen atoms in total. The summed E-state index contributed by atoms with van der Waals surface area (Å²) < 4.78 is 18.2. The predicted octanol–water partition coefficient (Wildman–Crippen LogP) is 1.70. The van der Waals surface area contributed by atoms with Gasteiger partial charge in [-0.3, -0.25) is 9.69 Å². The highest BCUT2D eigenvalue weighted by Crippen LogP contribution is 2.18. The molecule has 0 aliphatic carbocycles. The molecule has 0 atom stereocenters. The first-order chi connectivity index (χ1) is 10.1. The van der Waals surface area contributed by atoms with Gasteiger partial charge < -0.3 is 15.8 Å². The number of hydrogen-bond acceptors (Lipinski definition) is 4. The molecule has 0 unspecified atom stereocenters. The number of hydrogen-bond donors (Lipinski definition) is 2. The second-order valence-corrected chi connectivity index (χ2v) is 5.46. The van der Waals surface area contributed by atoms with Crippen LogP contribution >= 0.6 is 0 Å². The van der Waals surface area contributed by atoms with Crippen LogP contribution in [0.3, 0.4) is 0 Å². The van der Waals surface area contributed by atoms with Crippen LogP contribution in [-0.4, -0.2) is 44.2 Å². The van der Waals surface area contributed by atoms with Crippen molar-refractivity contribution in [2.45, 2.75) is 12.8 Å². The Morgan fingerprint density at radius 1 is 1.48 bits per heavy atom. The monoisotopic (exact) mass is 295 g/mol. The van der Waals surface area contributed by atoms with E-state index in [0.717, 1.165) is 32.5 Å². The fourth-order valence-corrected chi connectivity index (χ4v) is 2.57. The number of methoxy groups -OCH3 is 1. The van der Waals surface area contributed by atoms with E-state index in [9.17, 15) is 9.18 Å². The average Bonchev–Trinajstić information content (AvgIpc) is 2.45. The first-order valence-corrected chi connectivity index (χ1v) is 7.14. The van der Waals surface area contributed by atoms with Crippen LogP contribution in [0.15, 0.2) is 18.2 Å². The fourth-order valence-electron chi connectivity index (χ4n) is 2.57. The first kappa shape index (κ1) is 15.7. The zero-order chi connectivity index (χ0) is 15.2. The largest absolute Gasteiger partial charge is 0.396 e. The number of benzene rings is 1. The topological polar surface area (TPSA) is 67.6 Å². The number of nitrogens with two attached hydrogens (primary N) is 1. The zero-order valence-electron chi connectivity index (χ0n) is 12.3. The van der Waals surface area contributed by atoms with Crippen LogP contribution in [0.5, 0.6) is 0 Å². The third-order valence-corrected chi connectivity index (χ3v) is 3.76. The molecule has 6 heteroatoms. The van der Waals surface area contributed by atoms with E-state index in [2.05, 4.69) is 10.2 Å². The van der Waals surface area contributed by atoms with Crippen LogP contribution in [0.25, 0.3) is 0 Å². The molecule has 1 saturated heterocycles. The van der Waals surface area contributed by atoms with Crippen molar-refractivity contribution in [1.82, 2.24) is 4.90 Å². The fraction of sp³-hybridized carbons (Fsp3) is 0.533. The van der Waals surface area contributed by atoms with Gasteiger partial charge >= 0.3 is 0 Å². The van der Waals surface area contributed by atoms with E-state index in [4.69, 9.17) is 10.5 Å². The summed E-state index contributed by atoms with van der Waals surface area (Å²) in [5.74, 6) is 0.00521. The van der Waals surface area contributed by atoms with Gasteiger partial charge in [0.2, 0.25) is 5.91 Å². The number of nitrogen functional groups attached to an aromatic ring is 1. The number of nitrogens with one attached hydrogen (secondary N) is 1. The minimum absolute atomic E-state index is 0.0354. The molecule has 0 aromatic heterocycles. The number of likely N-dealkylation sites (tertiary alicyclic amines) is 1. The molecule has 1 aromatic carbocycles. The van der Waals surface area contributed by atoms with Gasteiger partial charge in [-0.25, -0.2) is 4.39 Å². The quantitative estimate of drug-likeness (QED) is 0.811. The Morgan fingerprint density at radius 3 is 2.81 bits per heavy atom. The summed E-state index contributed by atoms with van der Waals surface area (Å²) in [7, 11) is 1.72. The van der Waals surface area contributed by atoms with Gasteiger partial charge in [-0.2, -0.15) is 0 Å². The van der Waals surface area contributed by atoms with E-state index in [1.807, 2.05) is 0 Å². The number of rotatable bonds is 5. The second kappa shape index (κ2) is 7.38. The highest BCUT2D eigenvalue weighted by Gasteiger charge is 2.20. The van der Waals surface area contributed by atoms with E-state index in [1.165, 1.54) is 18.2 Å². The Morgan fingerprint density at radius 2 is 2.19 bits per heavy atom. The summed E-state index contributed by atoms with van der Waals surface area (Å²) in [5.41, 5.74) is 6.03. The molecule has 21 heavy (non-hydrogen) atoms. The maximum atomic E-state index is 13.1. The van der Waals surface area contributed by atoms with Crippen molar-refractivity contribution in [2.75, 3.05) is 44.4 Å². The number of amides is 1. The molecule has 0 radical (unpaired) electrons. The summed E-state index contributed by atoms with van der Waals surface area (Å²) in [6.07, 6.45) is 2.09. The van der Waals surface area contributed by atoms with Crippen molar-refractivity contribution in [2.24, 2.45) is 5.92 Å². The molecule has 2 rings (SSSR count). The van der Waals surface area contributed by atoms with Gasteiger partial charge in [0.05, 0.1) is 12.2 Å². The second-order valence-electron chi connectivity index (χ2n) is 5.46. The van der Waals surface area contributed by atoms with Crippen LogP contribution in [0.4, 0.5) is 15.8 Å². The van der Waals surface area contributed by atoms with Gasteiger partial charge in [-0.05, 0) is 50.0 Å². The van der Waals surface area contributed by atoms with E-state index < -0.39 is 5.82 Å². The number of ether oxygens (including phenoxy) is 1. The Bertz CT molecular complexity index is 488. The van der Waals surface area contributed by atoms with Crippen molar-refractivity contribution in [3.05, 3.63) is 24.0 Å². The van der Waals surface area contributed by atoms with Crippen molar-refractivity contribution >= 4 is 17.3 Å². The lowest BCUT2D eigenvalue weighted by Crippen LogP contribution is -2.40. The highest BCUT2D eigenvalue weighted by atomic mass is 19.1. The van der Waals surface area contributed by atoms with Crippen LogP contribution in [0.2, 0.25) is 0 Å². The van der Waals surface area contributed by atoms with E-state index in [1.54, 1.807) is 7.11 Å². The van der Waals surface area contributed by atoms with E-state index in [-0.39, 0.29) is 11.6 Å². The maximum absolute atomic E-state index is 13.1. The summed E-state index contributed by atoms with van der Waals surface area (Å²) in [4.78, 5) is 14.1. The lowest BCUT2D eigenvalue weighted by atomic mass is 9.98. The number of carbonyl (C=O) groups is 1. The average molecular weight is 295 g/mol. The standard InChI is InChI=1S/C15H22FN3O2/c1-21-10-11-4-6-19(7-5-11)9-15(20)18-12-2-3-13(16)14(17)8-12/h2-3,8,11H,4-7,9-10,17H2,1H3,(H,18,20). The van der Waals surface area contributed by atoms with Crippen LogP contribution in [-0.2, 0) is 9.53 Å². The van der Waals surface area contributed by atoms with Crippen LogP contribution in [0.1, 0.15) is 12.8 Å². The lowest BCUT2D eigenvalue weighted by molar-refractivity contribution is -0.117. The molecule has 3 N–H and O–H groups in total. The molecule has 1 heterocycles. The molecule has 1 aliphatic rings. The Labute approximate surface area is 124 Å². The first-order valence-electron chi connectivity index (χ1n) is 7.14. The number of anilines is 2. The van der Waals surface area contributed by atoms with Gasteiger partial charge in [-0.1, -0.05) is 0 Å². The van der Waals surface area contributed by atoms with Gasteiger partial charge in [0, 0.05) is 19.4 Å². The van der Waals surface area contributed by atoms with Gasteiger partial charge in [0.1, 0.15) is 5.82 Å². The van der Waals surface area contributed by atoms with Crippen molar-refractivity contribution < 1.29 is 13.9 Å². The predicted molar refractivity (Wildman–Crippen MR) is 80.5 cm³/mol.